The maximum atomic E-state index is 11.9. The molecule has 0 aliphatic rings. The van der Waals surface area contributed by atoms with Crippen molar-refractivity contribution in [2.24, 2.45) is 0 Å². The van der Waals surface area contributed by atoms with Crippen LogP contribution in [-0.2, 0) is 6.61 Å². The number of ether oxygens (including phenoxy) is 2. The molecule has 2 aromatic carbocycles. The van der Waals surface area contributed by atoms with Gasteiger partial charge in [0.1, 0.15) is 18.1 Å². The van der Waals surface area contributed by atoms with Gasteiger partial charge in [0, 0.05) is 15.7 Å². The second kappa shape index (κ2) is 7.90. The van der Waals surface area contributed by atoms with Crippen LogP contribution in [0.2, 0.25) is 0 Å². The van der Waals surface area contributed by atoms with E-state index in [1.54, 1.807) is 43.5 Å². The predicted octanol–water partition coefficient (Wildman–Crippen LogP) is 4.88. The Morgan fingerprint density at radius 3 is 2.64 bits per heavy atom. The summed E-state index contributed by atoms with van der Waals surface area (Å²) in [4.78, 5) is 11.9. The lowest BCUT2D eigenvalue weighted by Gasteiger charge is -2.11. The van der Waals surface area contributed by atoms with E-state index in [4.69, 9.17) is 13.9 Å². The zero-order valence-electron chi connectivity index (χ0n) is 13.5. The third-order valence-electron chi connectivity index (χ3n) is 3.49. The number of nitrogens with one attached hydrogen (secondary N) is 1. The molecule has 0 aliphatic carbocycles. The van der Waals surface area contributed by atoms with Crippen LogP contribution in [0.25, 0.3) is 0 Å². The summed E-state index contributed by atoms with van der Waals surface area (Å²) < 4.78 is 17.1. The number of hydrogen-bond acceptors (Lipinski definition) is 4. The highest BCUT2D eigenvalue weighted by molar-refractivity contribution is 9.10. The lowest BCUT2D eigenvalue weighted by molar-refractivity contribution is 0.0996. The highest BCUT2D eigenvalue weighted by Crippen LogP contribution is 2.25. The number of halogens is 1. The summed E-state index contributed by atoms with van der Waals surface area (Å²) in [5, 5.41) is 2.76. The van der Waals surface area contributed by atoms with Gasteiger partial charge >= 0.3 is 0 Å². The monoisotopic (exact) mass is 401 g/mol. The minimum Gasteiger partial charge on any atom is -0.496 e. The number of rotatable bonds is 6. The van der Waals surface area contributed by atoms with Crippen LogP contribution in [-0.4, -0.2) is 13.0 Å². The van der Waals surface area contributed by atoms with Crippen molar-refractivity contribution in [3.8, 4) is 11.5 Å². The van der Waals surface area contributed by atoms with E-state index in [2.05, 4.69) is 21.2 Å². The SMILES string of the molecule is COc1ccc(Br)cc1COc1ccc(NC(=O)c2ccco2)cc1. The highest BCUT2D eigenvalue weighted by Gasteiger charge is 2.09. The molecule has 0 radical (unpaired) electrons. The van der Waals surface area contributed by atoms with Crippen molar-refractivity contribution < 1.29 is 18.7 Å². The number of carbonyl (C=O) groups excluding carboxylic acids is 1. The fourth-order valence-electron chi connectivity index (χ4n) is 2.26. The number of benzene rings is 2. The molecule has 0 saturated carbocycles. The van der Waals surface area contributed by atoms with Gasteiger partial charge in [-0.1, -0.05) is 15.9 Å². The Morgan fingerprint density at radius 2 is 1.96 bits per heavy atom. The van der Waals surface area contributed by atoms with E-state index >= 15 is 0 Å². The van der Waals surface area contributed by atoms with Gasteiger partial charge in [-0.15, -0.1) is 0 Å². The average Bonchev–Trinajstić information content (AvgIpc) is 3.16. The maximum absolute atomic E-state index is 11.9. The molecule has 6 heteroatoms. The summed E-state index contributed by atoms with van der Waals surface area (Å²) in [6.45, 7) is 0.376. The molecule has 0 spiro atoms. The van der Waals surface area contributed by atoms with Gasteiger partial charge in [-0.05, 0) is 54.6 Å². The Morgan fingerprint density at radius 1 is 1.16 bits per heavy atom. The Hall–Kier alpha value is -2.73. The quantitative estimate of drug-likeness (QED) is 0.639. The normalized spacial score (nSPS) is 10.3. The molecule has 0 atom stereocenters. The van der Waals surface area contributed by atoms with Gasteiger partial charge in [0.25, 0.3) is 5.91 Å². The number of furan rings is 1. The first kappa shape index (κ1) is 17.1. The minimum absolute atomic E-state index is 0.266. The summed E-state index contributed by atoms with van der Waals surface area (Å²) >= 11 is 3.44. The van der Waals surface area contributed by atoms with Crippen molar-refractivity contribution in [2.45, 2.75) is 6.61 Å². The van der Waals surface area contributed by atoms with Crippen LogP contribution in [0.5, 0.6) is 11.5 Å². The second-order valence-corrected chi connectivity index (χ2v) is 6.12. The van der Waals surface area contributed by atoms with Crippen molar-refractivity contribution >= 4 is 27.5 Å². The number of methoxy groups -OCH3 is 1. The van der Waals surface area contributed by atoms with Crippen LogP contribution in [0.4, 0.5) is 5.69 Å². The first-order valence-corrected chi connectivity index (χ1v) is 8.35. The first-order valence-electron chi connectivity index (χ1n) is 7.56. The fourth-order valence-corrected chi connectivity index (χ4v) is 2.66. The number of anilines is 1. The van der Waals surface area contributed by atoms with E-state index < -0.39 is 0 Å². The van der Waals surface area contributed by atoms with E-state index in [-0.39, 0.29) is 11.7 Å². The molecular formula is C19H16BrNO4. The Kier molecular flexibility index (Phi) is 5.40. The zero-order chi connectivity index (χ0) is 17.6. The van der Waals surface area contributed by atoms with E-state index in [9.17, 15) is 4.79 Å². The Balaban J connectivity index is 1.61. The second-order valence-electron chi connectivity index (χ2n) is 5.20. The highest BCUT2D eigenvalue weighted by atomic mass is 79.9. The molecule has 0 bridgehead atoms. The molecule has 0 fully saturated rings. The molecule has 1 aromatic heterocycles. The molecule has 128 valence electrons. The van der Waals surface area contributed by atoms with Crippen molar-refractivity contribution in [3.63, 3.8) is 0 Å². The van der Waals surface area contributed by atoms with Gasteiger partial charge in [-0.25, -0.2) is 0 Å². The standard InChI is InChI=1S/C19H16BrNO4/c1-23-17-9-4-14(20)11-13(17)12-25-16-7-5-15(6-8-16)21-19(22)18-3-2-10-24-18/h2-11H,12H2,1H3,(H,21,22). The fraction of sp³-hybridized carbons (Fsp3) is 0.105. The molecule has 0 saturated heterocycles. The van der Waals surface area contributed by atoms with Crippen LogP contribution in [0.3, 0.4) is 0 Å². The number of carbonyl (C=O) groups is 1. The third-order valence-corrected chi connectivity index (χ3v) is 3.99. The van der Waals surface area contributed by atoms with Crippen molar-refractivity contribution in [1.29, 1.82) is 0 Å². The molecule has 0 unspecified atom stereocenters. The van der Waals surface area contributed by atoms with Crippen LogP contribution in [0.15, 0.2) is 69.8 Å². The van der Waals surface area contributed by atoms with Crippen molar-refractivity contribution in [1.82, 2.24) is 0 Å². The van der Waals surface area contributed by atoms with Gasteiger partial charge in [-0.2, -0.15) is 0 Å². The molecule has 1 N–H and O–H groups in total. The summed E-state index contributed by atoms with van der Waals surface area (Å²) in [5.41, 5.74) is 1.60. The Labute approximate surface area is 153 Å². The molecule has 1 amide bonds. The summed E-state index contributed by atoms with van der Waals surface area (Å²) in [5.74, 6) is 1.43. The minimum atomic E-state index is -0.294. The summed E-state index contributed by atoms with van der Waals surface area (Å²) in [6.07, 6.45) is 1.46. The molecular weight excluding hydrogens is 386 g/mol. The van der Waals surface area contributed by atoms with E-state index in [1.165, 1.54) is 6.26 Å². The molecule has 3 rings (SSSR count). The average molecular weight is 402 g/mol. The number of hydrogen-bond donors (Lipinski definition) is 1. The van der Waals surface area contributed by atoms with Crippen molar-refractivity contribution in [3.05, 3.63) is 76.7 Å². The molecule has 25 heavy (non-hydrogen) atoms. The lowest BCUT2D eigenvalue weighted by Crippen LogP contribution is -2.10. The third kappa shape index (κ3) is 4.42. The predicted molar refractivity (Wildman–Crippen MR) is 98.1 cm³/mol. The molecule has 0 aliphatic heterocycles. The molecule has 3 aromatic rings. The smallest absolute Gasteiger partial charge is 0.291 e. The number of amides is 1. The maximum Gasteiger partial charge on any atom is 0.291 e. The summed E-state index contributed by atoms with van der Waals surface area (Å²) in [7, 11) is 1.63. The zero-order valence-corrected chi connectivity index (χ0v) is 15.1. The summed E-state index contributed by atoms with van der Waals surface area (Å²) in [6, 6.07) is 16.2. The van der Waals surface area contributed by atoms with Gasteiger partial charge < -0.3 is 19.2 Å². The van der Waals surface area contributed by atoms with E-state index in [1.807, 2.05) is 18.2 Å². The Bertz CT molecular complexity index is 844. The van der Waals surface area contributed by atoms with Crippen LogP contribution < -0.4 is 14.8 Å². The van der Waals surface area contributed by atoms with Gasteiger partial charge in [0.15, 0.2) is 5.76 Å². The topological polar surface area (TPSA) is 60.7 Å². The van der Waals surface area contributed by atoms with Crippen LogP contribution in [0, 0.1) is 0 Å². The van der Waals surface area contributed by atoms with Gasteiger partial charge in [-0.3, -0.25) is 4.79 Å². The van der Waals surface area contributed by atoms with Gasteiger partial charge in [0.2, 0.25) is 0 Å². The largest absolute Gasteiger partial charge is 0.496 e. The van der Waals surface area contributed by atoms with Crippen LogP contribution in [0.1, 0.15) is 16.1 Å². The van der Waals surface area contributed by atoms with Crippen molar-refractivity contribution in [2.75, 3.05) is 12.4 Å². The van der Waals surface area contributed by atoms with Gasteiger partial charge in [0.05, 0.1) is 13.4 Å². The molecule has 5 nitrogen and oxygen atoms in total. The van der Waals surface area contributed by atoms with E-state index in [0.717, 1.165) is 15.8 Å². The van der Waals surface area contributed by atoms with Crippen LogP contribution >= 0.6 is 15.9 Å². The first-order chi connectivity index (χ1) is 12.2. The molecule has 1 heterocycles. The lowest BCUT2D eigenvalue weighted by atomic mass is 10.2. The van der Waals surface area contributed by atoms with E-state index in [0.29, 0.717) is 18.0 Å².